The molecular formula is C22H25N3OS. The van der Waals surface area contributed by atoms with Gasteiger partial charge in [-0.1, -0.05) is 24.0 Å². The number of anilines is 1. The van der Waals surface area contributed by atoms with Crippen LogP contribution < -0.4 is 5.32 Å². The van der Waals surface area contributed by atoms with Gasteiger partial charge >= 0.3 is 6.03 Å². The molecule has 2 amide bonds. The zero-order valence-corrected chi connectivity index (χ0v) is 16.3. The van der Waals surface area contributed by atoms with Crippen LogP contribution >= 0.6 is 11.3 Å². The van der Waals surface area contributed by atoms with Gasteiger partial charge < -0.3 is 10.2 Å². The van der Waals surface area contributed by atoms with E-state index >= 15 is 0 Å². The van der Waals surface area contributed by atoms with Crippen LogP contribution in [-0.4, -0.2) is 48.1 Å². The van der Waals surface area contributed by atoms with Gasteiger partial charge in [0, 0.05) is 30.4 Å². The van der Waals surface area contributed by atoms with Crippen molar-refractivity contribution >= 4 is 23.1 Å². The normalized spacial score (nSPS) is 20.1. The molecule has 1 unspecified atom stereocenters. The minimum atomic E-state index is 0.00210. The topological polar surface area (TPSA) is 35.6 Å². The monoisotopic (exact) mass is 379 g/mol. The number of nitrogens with one attached hydrogen (secondary N) is 1. The second-order valence-electron chi connectivity index (χ2n) is 7.22. The van der Waals surface area contributed by atoms with Crippen molar-refractivity contribution in [2.24, 2.45) is 0 Å². The zero-order valence-electron chi connectivity index (χ0n) is 15.5. The Bertz CT molecular complexity index is 831. The number of likely N-dealkylation sites (tertiary alicyclic amines) is 2. The highest BCUT2D eigenvalue weighted by Gasteiger charge is 2.29. The Morgan fingerprint density at radius 1 is 1.07 bits per heavy atom. The maximum absolute atomic E-state index is 12.7. The number of rotatable bonds is 2. The number of piperidine rings is 1. The third kappa shape index (κ3) is 4.71. The number of benzene rings is 1. The van der Waals surface area contributed by atoms with Gasteiger partial charge in [-0.25, -0.2) is 4.79 Å². The molecule has 0 spiro atoms. The van der Waals surface area contributed by atoms with E-state index < -0.39 is 0 Å². The van der Waals surface area contributed by atoms with Crippen LogP contribution in [0.3, 0.4) is 0 Å². The smallest absolute Gasteiger partial charge is 0.321 e. The van der Waals surface area contributed by atoms with Crippen LogP contribution in [0.4, 0.5) is 10.5 Å². The van der Waals surface area contributed by atoms with Crippen molar-refractivity contribution in [1.82, 2.24) is 9.80 Å². The van der Waals surface area contributed by atoms with E-state index in [1.54, 1.807) is 11.3 Å². The van der Waals surface area contributed by atoms with E-state index in [1.807, 2.05) is 46.7 Å². The largest absolute Gasteiger partial charge is 0.323 e. The molecule has 4 nitrogen and oxygen atoms in total. The van der Waals surface area contributed by atoms with Crippen LogP contribution in [0, 0.1) is 11.8 Å². The van der Waals surface area contributed by atoms with Crippen LogP contribution in [-0.2, 0) is 0 Å². The molecule has 2 saturated heterocycles. The third-order valence-electron chi connectivity index (χ3n) is 5.31. The summed E-state index contributed by atoms with van der Waals surface area (Å²) in [4.78, 5) is 18.3. The standard InChI is InChI=1S/C22H25N3OS/c26-22(25-14-4-8-20(17-25)24-12-1-2-13-24)23-19-7-3-6-18(16-19)10-11-21-9-5-15-27-21/h3,5-7,9,15-16,20H,1-2,4,8,12-14,17H2,(H,23,26). The molecule has 1 N–H and O–H groups in total. The predicted octanol–water partition coefficient (Wildman–Crippen LogP) is 4.24. The summed E-state index contributed by atoms with van der Waals surface area (Å²) in [5.41, 5.74) is 1.72. The first-order chi connectivity index (χ1) is 13.3. The minimum absolute atomic E-state index is 0.00210. The number of carbonyl (C=O) groups excluding carboxylic acids is 1. The van der Waals surface area contributed by atoms with Gasteiger partial charge in [-0.3, -0.25) is 4.90 Å². The van der Waals surface area contributed by atoms with Crippen LogP contribution in [0.15, 0.2) is 41.8 Å². The lowest BCUT2D eigenvalue weighted by atomic mass is 10.0. The number of thiophene rings is 1. The summed E-state index contributed by atoms with van der Waals surface area (Å²) in [7, 11) is 0. The first-order valence-corrected chi connectivity index (χ1v) is 10.6. The van der Waals surface area contributed by atoms with Crippen molar-refractivity contribution in [3.63, 3.8) is 0 Å². The molecular weight excluding hydrogens is 354 g/mol. The molecule has 0 radical (unpaired) electrons. The Morgan fingerprint density at radius 2 is 1.96 bits per heavy atom. The van der Waals surface area contributed by atoms with Crippen LogP contribution in [0.25, 0.3) is 0 Å². The van der Waals surface area contributed by atoms with E-state index in [0.717, 1.165) is 35.6 Å². The van der Waals surface area contributed by atoms with Crippen molar-refractivity contribution < 1.29 is 4.79 Å². The van der Waals surface area contributed by atoms with Crippen molar-refractivity contribution in [2.45, 2.75) is 31.7 Å². The molecule has 140 valence electrons. The van der Waals surface area contributed by atoms with Crippen LogP contribution in [0.5, 0.6) is 0 Å². The highest BCUT2D eigenvalue weighted by Crippen LogP contribution is 2.21. The van der Waals surface area contributed by atoms with E-state index in [4.69, 9.17) is 0 Å². The SMILES string of the molecule is O=C(Nc1cccc(C#Cc2cccs2)c1)N1CCCC(N2CCCC2)C1. The maximum Gasteiger partial charge on any atom is 0.321 e. The lowest BCUT2D eigenvalue weighted by Gasteiger charge is -2.37. The second kappa shape index (κ2) is 8.60. The Hall–Kier alpha value is -2.29. The summed E-state index contributed by atoms with van der Waals surface area (Å²) in [6.45, 7) is 4.05. The molecule has 4 rings (SSSR count). The first-order valence-electron chi connectivity index (χ1n) is 9.73. The molecule has 0 bridgehead atoms. The molecule has 1 aromatic heterocycles. The number of carbonyl (C=O) groups is 1. The molecule has 0 saturated carbocycles. The molecule has 2 aliphatic rings. The molecule has 5 heteroatoms. The molecule has 1 atom stereocenters. The summed E-state index contributed by atoms with van der Waals surface area (Å²) < 4.78 is 0. The summed E-state index contributed by atoms with van der Waals surface area (Å²) in [5, 5.41) is 5.08. The summed E-state index contributed by atoms with van der Waals surface area (Å²) in [5.74, 6) is 6.33. The molecule has 2 fully saturated rings. The average Bonchev–Trinajstić information content (AvgIpc) is 3.41. The third-order valence-corrected chi connectivity index (χ3v) is 6.09. The molecule has 0 aliphatic carbocycles. The fourth-order valence-corrected chi connectivity index (χ4v) is 4.48. The van der Waals surface area contributed by atoms with Gasteiger partial charge in [0.25, 0.3) is 0 Å². The van der Waals surface area contributed by atoms with Crippen molar-refractivity contribution in [1.29, 1.82) is 0 Å². The summed E-state index contributed by atoms with van der Waals surface area (Å²) >= 11 is 1.63. The lowest BCUT2D eigenvalue weighted by Crippen LogP contribution is -2.50. The Morgan fingerprint density at radius 3 is 2.78 bits per heavy atom. The Kier molecular flexibility index (Phi) is 5.76. The average molecular weight is 380 g/mol. The lowest BCUT2D eigenvalue weighted by molar-refractivity contribution is 0.132. The van der Waals surface area contributed by atoms with Crippen molar-refractivity contribution in [3.05, 3.63) is 52.2 Å². The summed E-state index contributed by atoms with van der Waals surface area (Å²) in [6, 6.07) is 12.3. The number of hydrogen-bond donors (Lipinski definition) is 1. The number of nitrogens with zero attached hydrogens (tertiary/aromatic N) is 2. The highest BCUT2D eigenvalue weighted by atomic mass is 32.1. The van der Waals surface area contributed by atoms with Gasteiger partial charge in [-0.15, -0.1) is 11.3 Å². The van der Waals surface area contributed by atoms with Crippen LogP contribution in [0.2, 0.25) is 0 Å². The van der Waals surface area contributed by atoms with Crippen molar-refractivity contribution in [2.75, 3.05) is 31.5 Å². The number of urea groups is 1. The van der Waals surface area contributed by atoms with E-state index in [-0.39, 0.29) is 6.03 Å². The molecule has 3 heterocycles. The molecule has 2 aliphatic heterocycles. The van der Waals surface area contributed by atoms with Crippen LogP contribution in [0.1, 0.15) is 36.1 Å². The maximum atomic E-state index is 12.7. The van der Waals surface area contributed by atoms with Gasteiger partial charge in [-0.2, -0.15) is 0 Å². The van der Waals surface area contributed by atoms with E-state index in [9.17, 15) is 4.79 Å². The fourth-order valence-electron chi connectivity index (χ4n) is 3.90. The fraction of sp³-hybridized carbons (Fsp3) is 0.409. The van der Waals surface area contributed by atoms with E-state index in [0.29, 0.717) is 6.04 Å². The zero-order chi connectivity index (χ0) is 18.5. The van der Waals surface area contributed by atoms with Gasteiger partial charge in [0.15, 0.2) is 0 Å². The van der Waals surface area contributed by atoms with Gasteiger partial charge in [0.05, 0.1) is 4.88 Å². The second-order valence-corrected chi connectivity index (χ2v) is 8.17. The number of hydrogen-bond acceptors (Lipinski definition) is 3. The minimum Gasteiger partial charge on any atom is -0.323 e. The van der Waals surface area contributed by atoms with E-state index in [2.05, 4.69) is 22.1 Å². The molecule has 2 aromatic rings. The van der Waals surface area contributed by atoms with Gasteiger partial charge in [0.2, 0.25) is 0 Å². The van der Waals surface area contributed by atoms with E-state index in [1.165, 1.54) is 32.4 Å². The Labute approximate surface area is 165 Å². The molecule has 27 heavy (non-hydrogen) atoms. The quantitative estimate of drug-likeness (QED) is 0.792. The van der Waals surface area contributed by atoms with Gasteiger partial charge in [0.1, 0.15) is 0 Å². The van der Waals surface area contributed by atoms with Gasteiger partial charge in [-0.05, 0) is 68.4 Å². The molecule has 1 aromatic carbocycles. The first kappa shape index (κ1) is 18.1. The summed E-state index contributed by atoms with van der Waals surface area (Å²) in [6.07, 6.45) is 4.88. The van der Waals surface area contributed by atoms with Crippen molar-refractivity contribution in [3.8, 4) is 11.8 Å². The predicted molar refractivity (Wildman–Crippen MR) is 111 cm³/mol. The number of amides is 2. The Balaban J connectivity index is 1.38. The highest BCUT2D eigenvalue weighted by molar-refractivity contribution is 7.10.